The van der Waals surface area contributed by atoms with Crippen molar-refractivity contribution in [2.24, 2.45) is 5.73 Å². The average molecular weight is 283 g/mol. The molecule has 0 aliphatic carbocycles. The molecule has 102 valence electrons. The van der Waals surface area contributed by atoms with Gasteiger partial charge in [0.1, 0.15) is 12.4 Å². The van der Waals surface area contributed by atoms with Crippen molar-refractivity contribution in [1.82, 2.24) is 4.98 Å². The van der Waals surface area contributed by atoms with Crippen LogP contribution in [0.5, 0.6) is 5.75 Å². The number of ether oxygens (including phenoxy) is 1. The fourth-order valence-electron chi connectivity index (χ4n) is 1.59. The fourth-order valence-corrected chi connectivity index (χ4v) is 1.59. The Morgan fingerprint density at radius 3 is 2.79 bits per heavy atom. The van der Waals surface area contributed by atoms with E-state index in [-0.39, 0.29) is 24.1 Å². The number of aromatic nitrogens is 1. The monoisotopic (exact) mass is 282 g/mol. The smallest absolute Gasteiger partial charge is 0.354 e. The topological polar surface area (TPSA) is 85.4 Å². The van der Waals surface area contributed by atoms with Gasteiger partial charge in [-0.05, 0) is 19.1 Å². The molecule has 1 atom stereocenters. The van der Waals surface area contributed by atoms with Crippen LogP contribution in [0.15, 0.2) is 30.3 Å². The number of rotatable bonds is 4. The number of fused-ring (bicyclic) bond motifs is 1. The molecule has 2 aromatic rings. The molecule has 1 unspecified atom stereocenters. The van der Waals surface area contributed by atoms with Crippen LogP contribution in [0, 0.1) is 0 Å². The maximum absolute atomic E-state index is 11.0. The molecule has 1 aromatic heterocycles. The van der Waals surface area contributed by atoms with Crippen molar-refractivity contribution in [1.29, 1.82) is 0 Å². The maximum Gasteiger partial charge on any atom is 0.354 e. The minimum absolute atomic E-state index is 0. The number of nitrogens with two attached hydrogens (primary N) is 1. The summed E-state index contributed by atoms with van der Waals surface area (Å²) in [4.78, 5) is 15.0. The fraction of sp³-hybridized carbons (Fsp3) is 0.231. The van der Waals surface area contributed by atoms with Gasteiger partial charge in [-0.25, -0.2) is 9.78 Å². The summed E-state index contributed by atoms with van der Waals surface area (Å²) in [5.41, 5.74) is 6.19. The van der Waals surface area contributed by atoms with Gasteiger partial charge in [0.2, 0.25) is 0 Å². The largest absolute Gasteiger partial charge is 0.491 e. The van der Waals surface area contributed by atoms with Gasteiger partial charge >= 0.3 is 5.97 Å². The Morgan fingerprint density at radius 1 is 1.47 bits per heavy atom. The van der Waals surface area contributed by atoms with Crippen LogP contribution in [0.4, 0.5) is 0 Å². The Hall–Kier alpha value is -1.85. The number of carbonyl (C=O) groups is 1. The highest BCUT2D eigenvalue weighted by molar-refractivity contribution is 5.93. The van der Waals surface area contributed by atoms with E-state index in [9.17, 15) is 4.79 Å². The van der Waals surface area contributed by atoms with Crippen molar-refractivity contribution in [2.45, 2.75) is 13.0 Å². The molecule has 2 rings (SSSR count). The van der Waals surface area contributed by atoms with Gasteiger partial charge < -0.3 is 15.6 Å². The van der Waals surface area contributed by atoms with Gasteiger partial charge in [-0.15, -0.1) is 12.4 Å². The third-order valence-corrected chi connectivity index (χ3v) is 2.40. The lowest BCUT2D eigenvalue weighted by Crippen LogP contribution is -2.23. The van der Waals surface area contributed by atoms with Crippen LogP contribution in [-0.4, -0.2) is 28.7 Å². The van der Waals surface area contributed by atoms with Crippen molar-refractivity contribution < 1.29 is 14.6 Å². The zero-order valence-electron chi connectivity index (χ0n) is 10.4. The molecule has 0 spiro atoms. The number of carboxylic acid groups (broad SMARTS) is 1. The first-order valence-corrected chi connectivity index (χ1v) is 5.59. The number of pyridine rings is 1. The number of para-hydroxylation sites is 1. The van der Waals surface area contributed by atoms with Crippen LogP contribution in [0.25, 0.3) is 10.9 Å². The number of hydrogen-bond acceptors (Lipinski definition) is 4. The Balaban J connectivity index is 0.00000180. The molecular weight excluding hydrogens is 268 g/mol. The van der Waals surface area contributed by atoms with Gasteiger partial charge in [-0.2, -0.15) is 0 Å². The standard InChI is InChI=1S/C13H14N2O3.ClH/c1-8(14)7-18-12-6-11(13(16)17)15-10-5-3-2-4-9(10)12;/h2-6,8H,7,14H2,1H3,(H,16,17);1H. The lowest BCUT2D eigenvalue weighted by molar-refractivity contribution is 0.0690. The first kappa shape index (κ1) is 15.2. The van der Waals surface area contributed by atoms with E-state index in [0.29, 0.717) is 17.9 Å². The lowest BCUT2D eigenvalue weighted by atomic mass is 10.2. The molecule has 0 saturated carbocycles. The van der Waals surface area contributed by atoms with Crippen LogP contribution in [0.2, 0.25) is 0 Å². The van der Waals surface area contributed by atoms with E-state index in [2.05, 4.69) is 4.98 Å². The molecule has 5 nitrogen and oxygen atoms in total. The Bertz CT molecular complexity index is 587. The zero-order valence-corrected chi connectivity index (χ0v) is 11.2. The van der Waals surface area contributed by atoms with E-state index >= 15 is 0 Å². The highest BCUT2D eigenvalue weighted by Gasteiger charge is 2.11. The summed E-state index contributed by atoms with van der Waals surface area (Å²) < 4.78 is 5.54. The molecule has 19 heavy (non-hydrogen) atoms. The molecule has 0 bridgehead atoms. The quantitative estimate of drug-likeness (QED) is 0.897. The molecule has 0 radical (unpaired) electrons. The summed E-state index contributed by atoms with van der Waals surface area (Å²) in [6.45, 7) is 2.15. The van der Waals surface area contributed by atoms with Crippen molar-refractivity contribution in [3.63, 3.8) is 0 Å². The number of carboxylic acids is 1. The van der Waals surface area contributed by atoms with Gasteiger partial charge in [0.15, 0.2) is 5.69 Å². The third kappa shape index (κ3) is 3.56. The molecule has 0 aliphatic rings. The Labute approximate surface area is 116 Å². The van der Waals surface area contributed by atoms with E-state index < -0.39 is 5.97 Å². The van der Waals surface area contributed by atoms with Crippen LogP contribution in [-0.2, 0) is 0 Å². The highest BCUT2D eigenvalue weighted by Crippen LogP contribution is 2.25. The van der Waals surface area contributed by atoms with Crippen LogP contribution in [0.1, 0.15) is 17.4 Å². The molecule has 0 amide bonds. The summed E-state index contributed by atoms with van der Waals surface area (Å²) in [5, 5.41) is 9.78. The van der Waals surface area contributed by atoms with Crippen molar-refractivity contribution >= 4 is 29.3 Å². The van der Waals surface area contributed by atoms with Gasteiger partial charge in [0.05, 0.1) is 5.52 Å². The Kier molecular flexibility index (Phi) is 5.09. The predicted octanol–water partition coefficient (Wildman–Crippen LogP) is 2.08. The first-order chi connectivity index (χ1) is 8.58. The third-order valence-electron chi connectivity index (χ3n) is 2.40. The van der Waals surface area contributed by atoms with Crippen LogP contribution >= 0.6 is 12.4 Å². The van der Waals surface area contributed by atoms with E-state index in [1.807, 2.05) is 19.1 Å². The van der Waals surface area contributed by atoms with E-state index in [1.165, 1.54) is 6.07 Å². The van der Waals surface area contributed by atoms with Crippen molar-refractivity contribution in [3.8, 4) is 5.75 Å². The van der Waals surface area contributed by atoms with Crippen LogP contribution in [0.3, 0.4) is 0 Å². The normalized spacial score (nSPS) is 11.7. The molecule has 0 saturated heterocycles. The molecule has 0 aliphatic heterocycles. The average Bonchev–Trinajstić information content (AvgIpc) is 2.35. The molecule has 0 fully saturated rings. The van der Waals surface area contributed by atoms with E-state index in [1.54, 1.807) is 12.1 Å². The van der Waals surface area contributed by atoms with Gasteiger partial charge in [0.25, 0.3) is 0 Å². The zero-order chi connectivity index (χ0) is 13.1. The second-order valence-corrected chi connectivity index (χ2v) is 4.12. The SMILES string of the molecule is CC(N)COc1cc(C(=O)O)nc2ccccc12.Cl. The molecule has 6 heteroatoms. The van der Waals surface area contributed by atoms with E-state index in [0.717, 1.165) is 5.39 Å². The van der Waals surface area contributed by atoms with Crippen molar-refractivity contribution in [2.75, 3.05) is 6.61 Å². The predicted molar refractivity (Wildman–Crippen MR) is 75.1 cm³/mol. The minimum Gasteiger partial charge on any atom is -0.491 e. The van der Waals surface area contributed by atoms with Gasteiger partial charge in [-0.1, -0.05) is 12.1 Å². The number of nitrogens with zero attached hydrogens (tertiary/aromatic N) is 1. The molecule has 1 heterocycles. The summed E-state index contributed by atoms with van der Waals surface area (Å²) >= 11 is 0. The molecular formula is C13H15ClN2O3. The summed E-state index contributed by atoms with van der Waals surface area (Å²) in [6, 6.07) is 8.54. The summed E-state index contributed by atoms with van der Waals surface area (Å²) in [7, 11) is 0. The number of hydrogen-bond donors (Lipinski definition) is 2. The summed E-state index contributed by atoms with van der Waals surface area (Å²) in [5.74, 6) is -0.582. The van der Waals surface area contributed by atoms with Crippen LogP contribution < -0.4 is 10.5 Å². The maximum atomic E-state index is 11.0. The Morgan fingerprint density at radius 2 is 2.16 bits per heavy atom. The highest BCUT2D eigenvalue weighted by atomic mass is 35.5. The van der Waals surface area contributed by atoms with Crippen molar-refractivity contribution in [3.05, 3.63) is 36.0 Å². The van der Waals surface area contributed by atoms with Gasteiger partial charge in [0, 0.05) is 17.5 Å². The second-order valence-electron chi connectivity index (χ2n) is 4.12. The number of halogens is 1. The second kappa shape index (κ2) is 6.36. The minimum atomic E-state index is -1.08. The number of benzene rings is 1. The number of aromatic carboxylic acids is 1. The molecule has 1 aromatic carbocycles. The summed E-state index contributed by atoms with van der Waals surface area (Å²) in [6.07, 6.45) is 0. The lowest BCUT2D eigenvalue weighted by Gasteiger charge is -2.11. The van der Waals surface area contributed by atoms with E-state index in [4.69, 9.17) is 15.6 Å². The van der Waals surface area contributed by atoms with Gasteiger partial charge in [-0.3, -0.25) is 0 Å². The molecule has 3 N–H and O–H groups in total. The first-order valence-electron chi connectivity index (χ1n) is 5.59.